The molecule has 10 heteroatoms. The summed E-state index contributed by atoms with van der Waals surface area (Å²) in [5.74, 6) is -1.12. The number of nitrogens with zero attached hydrogens (tertiary/aromatic N) is 1. The van der Waals surface area contributed by atoms with E-state index in [2.05, 4.69) is 4.90 Å². The topological polar surface area (TPSA) is 87.1 Å². The van der Waals surface area contributed by atoms with Crippen LogP contribution in [0.15, 0.2) is 91.0 Å². The fourth-order valence-corrected chi connectivity index (χ4v) is 5.11. The number of carboxylic acid groups (broad SMARTS) is 2. The van der Waals surface area contributed by atoms with E-state index in [1.807, 2.05) is 24.3 Å². The molecular weight excluding hydrogens is 607 g/mol. The molecule has 0 unspecified atom stereocenters. The van der Waals surface area contributed by atoms with Crippen molar-refractivity contribution in [3.63, 3.8) is 0 Å². The molecule has 4 aromatic carbocycles. The van der Waals surface area contributed by atoms with Crippen LogP contribution in [0.5, 0.6) is 5.75 Å². The van der Waals surface area contributed by atoms with E-state index in [0.717, 1.165) is 28.8 Å². The number of alkyl halides is 3. The third-order valence-electron chi connectivity index (χ3n) is 7.37. The highest BCUT2D eigenvalue weighted by atomic mass is 35.5. The molecule has 0 atom stereocenters. The molecule has 0 heterocycles. The van der Waals surface area contributed by atoms with Gasteiger partial charge in [-0.15, -0.1) is 0 Å². The maximum Gasteiger partial charge on any atom is 0.416 e. The number of carbonyl (C=O) groups is 2. The van der Waals surface area contributed by atoms with Crippen LogP contribution in [0.2, 0.25) is 5.02 Å². The van der Waals surface area contributed by atoms with Gasteiger partial charge in [0.2, 0.25) is 0 Å². The summed E-state index contributed by atoms with van der Waals surface area (Å²) in [5, 5.41) is 18.6. The predicted molar refractivity (Wildman–Crippen MR) is 167 cm³/mol. The molecule has 4 rings (SSSR count). The third kappa shape index (κ3) is 10.1. The van der Waals surface area contributed by atoms with Gasteiger partial charge < -0.3 is 14.9 Å². The first-order valence-electron chi connectivity index (χ1n) is 14.4. The lowest BCUT2D eigenvalue weighted by atomic mass is 10.0. The van der Waals surface area contributed by atoms with Gasteiger partial charge in [0.15, 0.2) is 0 Å². The molecule has 0 aliphatic carbocycles. The van der Waals surface area contributed by atoms with Gasteiger partial charge in [0.05, 0.1) is 11.1 Å². The van der Waals surface area contributed by atoms with Gasteiger partial charge in [-0.2, -0.15) is 13.2 Å². The molecule has 0 aromatic heterocycles. The molecule has 6 nitrogen and oxygen atoms in total. The summed E-state index contributed by atoms with van der Waals surface area (Å²) < 4.78 is 44.9. The van der Waals surface area contributed by atoms with Crippen molar-refractivity contribution in [2.24, 2.45) is 0 Å². The highest BCUT2D eigenvalue weighted by Crippen LogP contribution is 2.32. The van der Waals surface area contributed by atoms with Crippen LogP contribution in [0, 0.1) is 0 Å². The summed E-state index contributed by atoms with van der Waals surface area (Å²) >= 11 is 6.54. The number of carboxylic acids is 2. The van der Waals surface area contributed by atoms with Gasteiger partial charge in [0.25, 0.3) is 0 Å². The van der Waals surface area contributed by atoms with Crippen LogP contribution in [0.3, 0.4) is 0 Å². The highest BCUT2D eigenvalue weighted by molar-refractivity contribution is 6.31. The Bertz CT molecular complexity index is 1590. The lowest BCUT2D eigenvalue weighted by Gasteiger charge is -2.23. The molecule has 0 radical (unpaired) electrons. The monoisotopic (exact) mass is 639 g/mol. The Morgan fingerprint density at radius 2 is 1.49 bits per heavy atom. The molecule has 0 spiro atoms. The van der Waals surface area contributed by atoms with Crippen LogP contribution < -0.4 is 4.74 Å². The molecule has 0 amide bonds. The number of aliphatic carboxylic acids is 1. The van der Waals surface area contributed by atoms with E-state index in [-0.39, 0.29) is 18.6 Å². The van der Waals surface area contributed by atoms with Gasteiger partial charge in [0.1, 0.15) is 12.4 Å². The maximum atomic E-state index is 12.9. The smallest absolute Gasteiger partial charge is 0.416 e. The quantitative estimate of drug-likeness (QED) is 0.127. The normalized spacial score (nSPS) is 11.5. The van der Waals surface area contributed by atoms with Gasteiger partial charge in [-0.3, -0.25) is 9.69 Å². The van der Waals surface area contributed by atoms with Crippen molar-refractivity contribution in [1.29, 1.82) is 0 Å². The Balaban J connectivity index is 1.40. The average Bonchev–Trinajstić information content (AvgIpc) is 3.01. The molecule has 0 saturated heterocycles. The summed E-state index contributed by atoms with van der Waals surface area (Å²) in [6.07, 6.45) is -2.38. The first kappa shape index (κ1) is 33.6. The molecule has 236 valence electrons. The number of benzene rings is 4. The fraction of sp³-hybridized carbons (Fsp3) is 0.257. The van der Waals surface area contributed by atoms with Gasteiger partial charge in [-0.1, -0.05) is 66.2 Å². The first-order chi connectivity index (χ1) is 21.5. The molecule has 0 aliphatic rings. The Morgan fingerprint density at radius 1 is 0.800 bits per heavy atom. The zero-order valence-electron chi connectivity index (χ0n) is 24.4. The second kappa shape index (κ2) is 15.6. The number of halogens is 4. The second-order valence-electron chi connectivity index (χ2n) is 10.7. The summed E-state index contributed by atoms with van der Waals surface area (Å²) in [4.78, 5) is 24.4. The van der Waals surface area contributed by atoms with E-state index in [1.165, 1.54) is 12.1 Å². The number of hydrogen-bond acceptors (Lipinski definition) is 4. The minimum Gasteiger partial charge on any atom is -0.489 e. The molecule has 0 aliphatic heterocycles. The third-order valence-corrected chi connectivity index (χ3v) is 7.73. The number of rotatable bonds is 15. The average molecular weight is 640 g/mol. The molecule has 2 N–H and O–H groups in total. The SMILES string of the molecule is O=C(O)CCCCN(CCc1ccccc1OCc1ccc(-c2ccc(C(F)(F)F)cc2)cc1Cl)Cc1ccc(C(=O)O)cc1. The van der Waals surface area contributed by atoms with E-state index >= 15 is 0 Å². The molecule has 0 saturated carbocycles. The molecule has 4 aromatic rings. The summed E-state index contributed by atoms with van der Waals surface area (Å²) in [6.45, 7) is 2.11. The molecular formula is C35H33ClF3NO5. The minimum absolute atomic E-state index is 0.103. The van der Waals surface area contributed by atoms with Crippen molar-refractivity contribution < 1.29 is 37.7 Å². The van der Waals surface area contributed by atoms with Crippen molar-refractivity contribution in [2.75, 3.05) is 13.1 Å². The van der Waals surface area contributed by atoms with Gasteiger partial charge in [-0.25, -0.2) is 4.79 Å². The zero-order chi connectivity index (χ0) is 32.4. The van der Waals surface area contributed by atoms with Gasteiger partial charge >= 0.3 is 18.1 Å². The van der Waals surface area contributed by atoms with Crippen LogP contribution in [0.25, 0.3) is 11.1 Å². The van der Waals surface area contributed by atoms with E-state index in [0.29, 0.717) is 60.8 Å². The summed E-state index contributed by atoms with van der Waals surface area (Å²) in [6, 6.07) is 24.6. The largest absolute Gasteiger partial charge is 0.489 e. The second-order valence-corrected chi connectivity index (χ2v) is 11.1. The number of para-hydroxylation sites is 1. The van der Waals surface area contributed by atoms with Crippen molar-refractivity contribution >= 4 is 23.5 Å². The molecule has 0 bridgehead atoms. The van der Waals surface area contributed by atoms with Crippen LogP contribution >= 0.6 is 11.6 Å². The van der Waals surface area contributed by atoms with E-state index in [4.69, 9.17) is 21.4 Å². The fourth-order valence-electron chi connectivity index (χ4n) is 4.87. The van der Waals surface area contributed by atoms with E-state index in [9.17, 15) is 27.9 Å². The number of aromatic carboxylic acids is 1. The Morgan fingerprint density at radius 3 is 2.13 bits per heavy atom. The van der Waals surface area contributed by atoms with Crippen molar-refractivity contribution in [3.05, 3.63) is 124 Å². The standard InChI is InChI=1S/C35H33ClF3NO5/c36-31-21-28(25-14-16-30(17-15-25)35(37,38)39)12-13-29(31)23-45-32-6-2-1-5-26(32)18-20-40(19-4-3-7-33(41)42)22-24-8-10-27(11-9-24)34(43)44/h1-2,5-6,8-17,21H,3-4,7,18-20,22-23H2,(H,41,42)(H,43,44). The zero-order valence-corrected chi connectivity index (χ0v) is 25.2. The van der Waals surface area contributed by atoms with Gasteiger partial charge in [0, 0.05) is 30.1 Å². The number of hydrogen-bond donors (Lipinski definition) is 2. The lowest BCUT2D eigenvalue weighted by Crippen LogP contribution is -2.27. The Labute approximate surface area is 264 Å². The summed E-state index contributed by atoms with van der Waals surface area (Å²) in [7, 11) is 0. The van der Waals surface area contributed by atoms with E-state index < -0.39 is 23.7 Å². The summed E-state index contributed by atoms with van der Waals surface area (Å²) in [5.41, 5.74) is 3.48. The van der Waals surface area contributed by atoms with Crippen molar-refractivity contribution in [2.45, 2.75) is 45.0 Å². The number of unbranched alkanes of at least 4 members (excludes halogenated alkanes) is 1. The molecule has 0 fully saturated rings. The van der Waals surface area contributed by atoms with Crippen molar-refractivity contribution in [3.8, 4) is 16.9 Å². The van der Waals surface area contributed by atoms with Crippen LogP contribution in [-0.2, 0) is 30.5 Å². The van der Waals surface area contributed by atoms with Gasteiger partial charge in [-0.05, 0) is 84.5 Å². The maximum absolute atomic E-state index is 12.9. The minimum atomic E-state index is -4.40. The predicted octanol–water partition coefficient (Wildman–Crippen LogP) is 8.60. The van der Waals surface area contributed by atoms with E-state index in [1.54, 1.807) is 42.5 Å². The van der Waals surface area contributed by atoms with Crippen LogP contribution in [-0.4, -0.2) is 40.1 Å². The molecule has 45 heavy (non-hydrogen) atoms. The first-order valence-corrected chi connectivity index (χ1v) is 14.8. The lowest BCUT2D eigenvalue weighted by molar-refractivity contribution is -0.138. The Kier molecular flexibility index (Phi) is 11.6. The van der Waals surface area contributed by atoms with Crippen LogP contribution in [0.1, 0.15) is 51.9 Å². The Hall–Kier alpha value is -4.34. The number of ether oxygens (including phenoxy) is 1. The van der Waals surface area contributed by atoms with Crippen LogP contribution in [0.4, 0.5) is 13.2 Å². The highest BCUT2D eigenvalue weighted by Gasteiger charge is 2.30. The van der Waals surface area contributed by atoms with Crippen molar-refractivity contribution in [1.82, 2.24) is 4.90 Å².